The van der Waals surface area contributed by atoms with Crippen LogP contribution in [0, 0.1) is 12.1 Å². The van der Waals surface area contributed by atoms with E-state index in [1.165, 1.54) is 10.8 Å². The predicted molar refractivity (Wildman–Crippen MR) is 123 cm³/mol. The maximum atomic E-state index is 5.94. The summed E-state index contributed by atoms with van der Waals surface area (Å²) < 4.78 is 5.94. The summed E-state index contributed by atoms with van der Waals surface area (Å²) in [4.78, 5) is 12.7. The van der Waals surface area contributed by atoms with Crippen molar-refractivity contribution in [3.63, 3.8) is 0 Å². The third-order valence-corrected chi connectivity index (χ3v) is 5.34. The summed E-state index contributed by atoms with van der Waals surface area (Å²) in [7, 11) is 0. The molecule has 0 amide bonds. The van der Waals surface area contributed by atoms with Gasteiger partial charge in [0.1, 0.15) is 5.58 Å². The van der Waals surface area contributed by atoms with E-state index < -0.39 is 0 Å². The minimum absolute atomic E-state index is 0. The predicted octanol–water partition coefficient (Wildman–Crippen LogP) is 6.47. The quantitative estimate of drug-likeness (QED) is 0.163. The van der Waals surface area contributed by atoms with Gasteiger partial charge in [-0.2, -0.15) is 0 Å². The molecule has 3 heterocycles. The monoisotopic (exact) mass is 590 g/mol. The maximum absolute atomic E-state index is 5.94. The summed E-state index contributed by atoms with van der Waals surface area (Å²) in [5.41, 5.74) is 4.67. The van der Waals surface area contributed by atoms with Gasteiger partial charge in [-0.05, 0) is 33.8 Å². The number of benzene rings is 4. The van der Waals surface area contributed by atoms with Gasteiger partial charge in [0.25, 0.3) is 0 Å². The summed E-state index contributed by atoms with van der Waals surface area (Å²) in [6.45, 7) is 0. The van der Waals surface area contributed by atoms with E-state index in [9.17, 15) is 0 Å². The molecule has 1 radical (unpaired) electrons. The van der Waals surface area contributed by atoms with Crippen LogP contribution in [0.1, 0.15) is 0 Å². The van der Waals surface area contributed by atoms with Gasteiger partial charge in [-0.15, -0.1) is 53.4 Å². The van der Waals surface area contributed by atoms with Gasteiger partial charge in [-0.1, -0.05) is 29.7 Å². The Bertz CT molecular complexity index is 1510. The van der Waals surface area contributed by atoms with Gasteiger partial charge >= 0.3 is 0 Å². The Balaban J connectivity index is 0.000000145. The fraction of sp³-hybridized carbons (Fsp3) is 0. The number of hydrogen-bond acceptors (Lipinski definition) is 4. The molecular weight excluding hydrogens is 575 g/mol. The van der Waals surface area contributed by atoms with Crippen LogP contribution >= 0.6 is 0 Å². The van der Waals surface area contributed by atoms with E-state index in [-0.39, 0.29) is 20.1 Å². The van der Waals surface area contributed by atoms with Crippen LogP contribution in [0.5, 0.6) is 0 Å². The van der Waals surface area contributed by atoms with Crippen molar-refractivity contribution < 1.29 is 24.5 Å². The summed E-state index contributed by atoms with van der Waals surface area (Å²) >= 11 is 0. The first-order valence-electron chi connectivity index (χ1n) is 9.95. The first kappa shape index (κ1) is 20.3. The van der Waals surface area contributed by atoms with Gasteiger partial charge in [0.15, 0.2) is 0 Å². The molecule has 155 valence electrons. The van der Waals surface area contributed by atoms with E-state index in [0.717, 1.165) is 44.1 Å². The van der Waals surface area contributed by atoms with Gasteiger partial charge in [-0.3, -0.25) is 4.98 Å². The molecule has 32 heavy (non-hydrogen) atoms. The van der Waals surface area contributed by atoms with Crippen molar-refractivity contribution in [3.8, 4) is 11.3 Å². The van der Waals surface area contributed by atoms with E-state index >= 15 is 0 Å². The smallest absolute Gasteiger partial charge is 0.124 e. The zero-order chi connectivity index (χ0) is 20.6. The molecule has 0 unspecified atom stereocenters. The third kappa shape index (κ3) is 3.32. The normalized spacial score (nSPS) is 10.9. The minimum Gasteiger partial charge on any atom is -0.476 e. The van der Waals surface area contributed by atoms with E-state index in [4.69, 9.17) is 4.42 Å². The zero-order valence-corrected chi connectivity index (χ0v) is 19.1. The molecule has 5 heteroatoms. The van der Waals surface area contributed by atoms with Crippen molar-refractivity contribution in [2.24, 2.45) is 0 Å². The molecule has 0 fully saturated rings. The number of hydrogen-bond donors (Lipinski definition) is 0. The van der Waals surface area contributed by atoms with E-state index in [2.05, 4.69) is 39.2 Å². The Labute approximate surface area is 197 Å². The molecule has 3 aromatic heterocycles. The van der Waals surface area contributed by atoms with Crippen LogP contribution in [0.2, 0.25) is 0 Å². The first-order valence-corrected chi connectivity index (χ1v) is 9.95. The average molecular weight is 590 g/mol. The van der Waals surface area contributed by atoms with Gasteiger partial charge in [0.2, 0.25) is 0 Å². The van der Waals surface area contributed by atoms with E-state index in [1.807, 2.05) is 60.8 Å². The maximum Gasteiger partial charge on any atom is 0.124 e. The fourth-order valence-electron chi connectivity index (χ4n) is 4.03. The molecule has 7 aromatic rings. The van der Waals surface area contributed by atoms with Gasteiger partial charge in [0.05, 0.1) is 5.58 Å². The number of pyridine rings is 1. The summed E-state index contributed by atoms with van der Waals surface area (Å²) in [6.07, 6.45) is 6.89. The summed E-state index contributed by atoms with van der Waals surface area (Å²) in [6, 6.07) is 28.3. The van der Waals surface area contributed by atoms with Crippen LogP contribution in [0.4, 0.5) is 0 Å². The van der Waals surface area contributed by atoms with E-state index in [1.54, 1.807) is 18.6 Å². The number of rotatable bonds is 1. The van der Waals surface area contributed by atoms with E-state index in [0.29, 0.717) is 0 Å². The Morgan fingerprint density at radius 2 is 1.59 bits per heavy atom. The SMILES string of the molecule is [Ir].[c-]1ccc2oc3cccc4c5cccnc5c1c2c34.[c-]1ccccc1-c1cnccn1. The molecule has 0 saturated carbocycles. The molecule has 4 aromatic carbocycles. The van der Waals surface area contributed by atoms with Crippen LogP contribution in [0.15, 0.2) is 95.9 Å². The first-order chi connectivity index (χ1) is 15.4. The molecule has 0 saturated heterocycles. The molecule has 0 aliphatic heterocycles. The van der Waals surface area contributed by atoms with Crippen LogP contribution in [-0.4, -0.2) is 15.0 Å². The molecule has 4 nitrogen and oxygen atoms in total. The molecule has 0 spiro atoms. The fourth-order valence-corrected chi connectivity index (χ4v) is 4.03. The van der Waals surface area contributed by atoms with Crippen molar-refractivity contribution in [2.75, 3.05) is 0 Å². The molecular formula is C27H15IrN3O-2. The van der Waals surface area contributed by atoms with Crippen molar-refractivity contribution in [3.05, 3.63) is 104 Å². The minimum atomic E-state index is 0. The van der Waals surface area contributed by atoms with Crippen molar-refractivity contribution in [1.29, 1.82) is 0 Å². The number of aromatic nitrogens is 3. The number of furan rings is 1. The van der Waals surface area contributed by atoms with Crippen molar-refractivity contribution in [2.45, 2.75) is 0 Å². The second-order valence-corrected chi connectivity index (χ2v) is 7.14. The molecule has 0 bridgehead atoms. The number of nitrogens with zero attached hydrogens (tertiary/aromatic N) is 3. The van der Waals surface area contributed by atoms with Crippen LogP contribution in [0.3, 0.4) is 0 Å². The third-order valence-electron chi connectivity index (χ3n) is 5.34. The van der Waals surface area contributed by atoms with Gasteiger partial charge < -0.3 is 14.4 Å². The largest absolute Gasteiger partial charge is 0.476 e. The Morgan fingerprint density at radius 3 is 2.44 bits per heavy atom. The van der Waals surface area contributed by atoms with Gasteiger partial charge in [-0.25, -0.2) is 0 Å². The second-order valence-electron chi connectivity index (χ2n) is 7.14. The van der Waals surface area contributed by atoms with Crippen LogP contribution in [0.25, 0.3) is 54.9 Å². The summed E-state index contributed by atoms with van der Waals surface area (Å²) in [5, 5.41) is 5.73. The summed E-state index contributed by atoms with van der Waals surface area (Å²) in [5.74, 6) is 0. The van der Waals surface area contributed by atoms with Crippen LogP contribution in [-0.2, 0) is 20.1 Å². The molecule has 0 N–H and O–H groups in total. The van der Waals surface area contributed by atoms with Gasteiger partial charge in [0, 0.05) is 50.6 Å². The van der Waals surface area contributed by atoms with Crippen molar-refractivity contribution in [1.82, 2.24) is 15.0 Å². The second kappa shape index (κ2) is 8.46. The molecule has 0 aliphatic rings. The Kier molecular flexibility index (Phi) is 5.36. The van der Waals surface area contributed by atoms with Crippen molar-refractivity contribution >= 4 is 43.6 Å². The average Bonchev–Trinajstić information content (AvgIpc) is 3.25. The zero-order valence-electron chi connectivity index (χ0n) is 16.7. The van der Waals surface area contributed by atoms with Crippen LogP contribution < -0.4 is 0 Å². The number of fused-ring (bicyclic) bond motifs is 3. The Morgan fingerprint density at radius 1 is 0.688 bits per heavy atom. The topological polar surface area (TPSA) is 51.8 Å². The Hall–Kier alpha value is -3.66. The molecule has 7 rings (SSSR count). The molecule has 0 atom stereocenters. The standard InChI is InChI=1S/C17H8NO.C10H7N2.Ir/c1-4-10-11-6-3-9-18-17(11)12-5-2-8-14-16(12)15(10)13(7-1)19-14;1-2-4-9(5-3-1)10-8-11-6-7-12-10;/h1-4,6-9H;1-4,6-8H;/q2*-1;. The molecule has 0 aliphatic carbocycles.